The van der Waals surface area contributed by atoms with Crippen molar-refractivity contribution in [3.63, 3.8) is 0 Å². The third-order valence-corrected chi connectivity index (χ3v) is 6.69. The Morgan fingerprint density at radius 3 is 2.72 bits per heavy atom. The third kappa shape index (κ3) is 8.12. The zero-order chi connectivity index (χ0) is 25.0. The zero-order valence-corrected chi connectivity index (χ0v) is 21.4. The summed E-state index contributed by atoms with van der Waals surface area (Å²) >= 11 is 0. The molecular formula is C29H39N5O2. The Kier molecular flexibility index (Phi) is 9.79. The van der Waals surface area contributed by atoms with Crippen molar-refractivity contribution in [2.75, 3.05) is 32.8 Å². The van der Waals surface area contributed by atoms with E-state index in [0.717, 1.165) is 50.3 Å². The number of piperidine rings is 1. The molecule has 0 bridgehead atoms. The van der Waals surface area contributed by atoms with Gasteiger partial charge >= 0.3 is 6.03 Å². The Balaban J connectivity index is 1.30. The summed E-state index contributed by atoms with van der Waals surface area (Å²) in [5.41, 5.74) is 2.45. The average molecular weight is 490 g/mol. The van der Waals surface area contributed by atoms with Gasteiger partial charge in [0.05, 0.1) is 12.9 Å². The lowest BCUT2D eigenvalue weighted by Gasteiger charge is -2.33. The van der Waals surface area contributed by atoms with E-state index >= 15 is 0 Å². The molecule has 0 aliphatic carbocycles. The number of rotatable bonds is 12. The number of hydrogen-bond acceptors (Lipinski definition) is 4. The molecule has 4 rings (SSSR count). The molecule has 0 saturated carbocycles. The second kappa shape index (κ2) is 13.7. The number of amides is 2. The van der Waals surface area contributed by atoms with Crippen LogP contribution in [0.5, 0.6) is 5.75 Å². The second-order valence-electron chi connectivity index (χ2n) is 9.57. The normalized spacial score (nSPS) is 16.0. The molecule has 192 valence electrons. The predicted octanol–water partition coefficient (Wildman–Crippen LogP) is 4.80. The van der Waals surface area contributed by atoms with Gasteiger partial charge in [-0.05, 0) is 61.9 Å². The van der Waals surface area contributed by atoms with Crippen LogP contribution < -0.4 is 10.1 Å². The molecule has 7 heteroatoms. The number of nitrogens with one attached hydrogen (secondary N) is 1. The van der Waals surface area contributed by atoms with Crippen LogP contribution in [-0.4, -0.2) is 58.2 Å². The number of benzene rings is 2. The maximum absolute atomic E-state index is 13.3. The van der Waals surface area contributed by atoms with Gasteiger partial charge in [-0.15, -0.1) is 0 Å². The average Bonchev–Trinajstić information content (AvgIpc) is 3.42. The van der Waals surface area contributed by atoms with Gasteiger partial charge in [0.2, 0.25) is 0 Å². The number of carbonyl (C=O) groups excluding carboxylic acids is 1. The standard InChI is InChI=1S/C29H39N5O2/c1-2-36-28-13-11-26(12-14-28)23-34(18-7-17-32-19-15-30-24-32)29(35)31-20-27-10-6-16-33(22-27)21-25-8-4-3-5-9-25/h3-5,8-9,11-15,19,24,27H,2,6-7,10,16-18,20-23H2,1H3,(H,31,35). The largest absolute Gasteiger partial charge is 0.494 e. The molecule has 2 amide bonds. The van der Waals surface area contributed by atoms with E-state index in [9.17, 15) is 4.79 Å². The van der Waals surface area contributed by atoms with Gasteiger partial charge in [0.1, 0.15) is 5.75 Å². The lowest BCUT2D eigenvalue weighted by atomic mass is 9.97. The van der Waals surface area contributed by atoms with E-state index < -0.39 is 0 Å². The van der Waals surface area contributed by atoms with Crippen molar-refractivity contribution in [3.8, 4) is 5.75 Å². The summed E-state index contributed by atoms with van der Waals surface area (Å²) in [5.74, 6) is 1.33. The minimum atomic E-state index is 0.00898. The van der Waals surface area contributed by atoms with Crippen molar-refractivity contribution in [2.24, 2.45) is 5.92 Å². The van der Waals surface area contributed by atoms with Crippen molar-refractivity contribution in [1.29, 1.82) is 0 Å². The first-order valence-corrected chi connectivity index (χ1v) is 13.2. The molecule has 1 N–H and O–H groups in total. The molecule has 0 radical (unpaired) electrons. The van der Waals surface area contributed by atoms with Crippen molar-refractivity contribution >= 4 is 6.03 Å². The van der Waals surface area contributed by atoms with Crippen LogP contribution >= 0.6 is 0 Å². The van der Waals surface area contributed by atoms with Gasteiger partial charge in [0.15, 0.2) is 0 Å². The molecule has 3 aromatic rings. The van der Waals surface area contributed by atoms with Crippen LogP contribution in [-0.2, 0) is 19.6 Å². The molecule has 7 nitrogen and oxygen atoms in total. The van der Waals surface area contributed by atoms with Crippen molar-refractivity contribution in [2.45, 2.75) is 45.8 Å². The van der Waals surface area contributed by atoms with Crippen LogP contribution in [0.3, 0.4) is 0 Å². The predicted molar refractivity (Wildman–Crippen MR) is 143 cm³/mol. The number of ether oxygens (including phenoxy) is 1. The Bertz CT molecular complexity index is 1020. The van der Waals surface area contributed by atoms with E-state index in [1.165, 1.54) is 12.0 Å². The van der Waals surface area contributed by atoms with Crippen LogP contribution in [0.4, 0.5) is 4.79 Å². The molecule has 1 aliphatic heterocycles. The van der Waals surface area contributed by atoms with Crippen molar-refractivity contribution in [1.82, 2.24) is 24.7 Å². The van der Waals surface area contributed by atoms with E-state index in [2.05, 4.69) is 50.1 Å². The monoisotopic (exact) mass is 489 g/mol. The maximum Gasteiger partial charge on any atom is 0.317 e. The molecule has 1 saturated heterocycles. The number of carbonyl (C=O) groups is 1. The van der Waals surface area contributed by atoms with E-state index in [0.29, 0.717) is 32.2 Å². The Morgan fingerprint density at radius 2 is 1.97 bits per heavy atom. The molecule has 1 atom stereocenters. The summed E-state index contributed by atoms with van der Waals surface area (Å²) in [4.78, 5) is 21.8. The summed E-state index contributed by atoms with van der Waals surface area (Å²) in [7, 11) is 0. The van der Waals surface area contributed by atoms with Crippen molar-refractivity contribution < 1.29 is 9.53 Å². The van der Waals surface area contributed by atoms with Gasteiger partial charge in [-0.2, -0.15) is 0 Å². The van der Waals surface area contributed by atoms with Gasteiger partial charge in [0.25, 0.3) is 0 Å². The van der Waals surface area contributed by atoms with E-state index in [1.807, 2.05) is 48.6 Å². The lowest BCUT2D eigenvalue weighted by molar-refractivity contribution is 0.158. The minimum absolute atomic E-state index is 0.00898. The maximum atomic E-state index is 13.3. The van der Waals surface area contributed by atoms with Gasteiger partial charge in [-0.25, -0.2) is 9.78 Å². The molecule has 1 aromatic heterocycles. The number of nitrogens with zero attached hydrogens (tertiary/aromatic N) is 4. The van der Waals surface area contributed by atoms with Gasteiger partial charge in [-0.1, -0.05) is 42.5 Å². The van der Waals surface area contributed by atoms with E-state index in [1.54, 1.807) is 6.20 Å². The first-order chi connectivity index (χ1) is 17.7. The molecule has 1 fully saturated rings. The Hall–Kier alpha value is -3.32. The fourth-order valence-corrected chi connectivity index (χ4v) is 4.84. The second-order valence-corrected chi connectivity index (χ2v) is 9.57. The molecule has 36 heavy (non-hydrogen) atoms. The van der Waals surface area contributed by atoms with Gasteiger partial charge < -0.3 is 19.5 Å². The number of hydrogen-bond donors (Lipinski definition) is 1. The summed E-state index contributed by atoms with van der Waals surface area (Å²) < 4.78 is 7.62. The van der Waals surface area contributed by atoms with Crippen LogP contribution in [0.25, 0.3) is 0 Å². The summed E-state index contributed by atoms with van der Waals surface area (Å²) in [6.07, 6.45) is 8.77. The fourth-order valence-electron chi connectivity index (χ4n) is 4.84. The van der Waals surface area contributed by atoms with Crippen LogP contribution in [0.15, 0.2) is 73.3 Å². The number of imidazole rings is 1. The lowest BCUT2D eigenvalue weighted by Crippen LogP contribution is -2.45. The molecule has 0 spiro atoms. The first kappa shape index (κ1) is 25.8. The molecular weight excluding hydrogens is 450 g/mol. The first-order valence-electron chi connectivity index (χ1n) is 13.2. The van der Waals surface area contributed by atoms with Crippen LogP contribution in [0.2, 0.25) is 0 Å². The van der Waals surface area contributed by atoms with Crippen LogP contribution in [0.1, 0.15) is 37.3 Å². The highest BCUT2D eigenvalue weighted by molar-refractivity contribution is 5.74. The Labute approximate surface area is 215 Å². The van der Waals surface area contributed by atoms with Gasteiger partial charge in [0, 0.05) is 51.7 Å². The molecule has 2 aromatic carbocycles. The number of likely N-dealkylation sites (tertiary alicyclic amines) is 1. The Morgan fingerprint density at radius 1 is 1.14 bits per heavy atom. The minimum Gasteiger partial charge on any atom is -0.494 e. The highest BCUT2D eigenvalue weighted by Crippen LogP contribution is 2.19. The SMILES string of the molecule is CCOc1ccc(CN(CCCn2ccnc2)C(=O)NCC2CCCN(Cc3ccccc3)C2)cc1. The summed E-state index contributed by atoms with van der Waals surface area (Å²) in [5, 5.41) is 3.25. The molecule has 1 aliphatic rings. The highest BCUT2D eigenvalue weighted by atomic mass is 16.5. The van der Waals surface area contributed by atoms with Crippen LogP contribution in [0, 0.1) is 5.92 Å². The summed E-state index contributed by atoms with van der Waals surface area (Å²) in [6.45, 7) is 8.56. The number of urea groups is 1. The smallest absolute Gasteiger partial charge is 0.317 e. The number of aromatic nitrogens is 2. The van der Waals surface area contributed by atoms with Crippen molar-refractivity contribution in [3.05, 3.63) is 84.4 Å². The van der Waals surface area contributed by atoms with E-state index in [4.69, 9.17) is 4.74 Å². The quantitative estimate of drug-likeness (QED) is 0.397. The molecule has 1 unspecified atom stereocenters. The third-order valence-electron chi connectivity index (χ3n) is 6.69. The highest BCUT2D eigenvalue weighted by Gasteiger charge is 2.22. The van der Waals surface area contributed by atoms with E-state index in [-0.39, 0.29) is 6.03 Å². The molecule has 2 heterocycles. The fraction of sp³-hybridized carbons (Fsp3) is 0.448. The zero-order valence-electron chi connectivity index (χ0n) is 21.4. The topological polar surface area (TPSA) is 62.6 Å². The van der Waals surface area contributed by atoms with Gasteiger partial charge in [-0.3, -0.25) is 4.90 Å². The number of aryl methyl sites for hydroxylation is 1. The summed E-state index contributed by atoms with van der Waals surface area (Å²) in [6, 6.07) is 18.7.